The normalized spacial score (nSPS) is 13.6. The number of benzene rings is 1. The SMILES string of the molecule is CCNC(C)/C=C/c1ccc(C(C)C)cc1. The fourth-order valence-corrected chi connectivity index (χ4v) is 1.64. The predicted molar refractivity (Wildman–Crippen MR) is 72.7 cm³/mol. The van der Waals surface area contributed by atoms with Crippen molar-refractivity contribution in [2.24, 2.45) is 0 Å². The highest BCUT2D eigenvalue weighted by molar-refractivity contribution is 5.50. The van der Waals surface area contributed by atoms with Gasteiger partial charge in [0.1, 0.15) is 0 Å². The number of nitrogens with one attached hydrogen (secondary N) is 1. The Bertz CT molecular complexity index is 322. The second-order valence-electron chi connectivity index (χ2n) is 4.53. The van der Waals surface area contributed by atoms with E-state index in [4.69, 9.17) is 0 Å². The zero-order valence-electron chi connectivity index (χ0n) is 10.8. The Hall–Kier alpha value is -1.08. The van der Waals surface area contributed by atoms with Crippen LogP contribution in [0.4, 0.5) is 0 Å². The monoisotopic (exact) mass is 217 g/mol. The molecular formula is C15H23N. The first-order valence-electron chi connectivity index (χ1n) is 6.15. The van der Waals surface area contributed by atoms with Crippen LogP contribution in [0, 0.1) is 0 Å². The maximum atomic E-state index is 3.36. The Morgan fingerprint density at radius 2 is 1.75 bits per heavy atom. The molecule has 0 heterocycles. The van der Waals surface area contributed by atoms with Crippen molar-refractivity contribution in [1.29, 1.82) is 0 Å². The van der Waals surface area contributed by atoms with Gasteiger partial charge in [0.2, 0.25) is 0 Å². The second kappa shape index (κ2) is 6.49. The van der Waals surface area contributed by atoms with Crippen molar-refractivity contribution < 1.29 is 0 Å². The maximum absolute atomic E-state index is 3.36. The molecule has 0 aliphatic rings. The minimum absolute atomic E-state index is 0.440. The number of hydrogen-bond donors (Lipinski definition) is 1. The van der Waals surface area contributed by atoms with Gasteiger partial charge >= 0.3 is 0 Å². The van der Waals surface area contributed by atoms with Gasteiger partial charge in [-0.2, -0.15) is 0 Å². The standard InChI is InChI=1S/C15H23N/c1-5-16-13(4)6-7-14-8-10-15(11-9-14)12(2)3/h6-13,16H,5H2,1-4H3/b7-6+. The lowest BCUT2D eigenvalue weighted by Crippen LogP contribution is -2.22. The molecular weight excluding hydrogens is 194 g/mol. The Morgan fingerprint density at radius 1 is 1.12 bits per heavy atom. The summed E-state index contributed by atoms with van der Waals surface area (Å²) in [5.74, 6) is 0.610. The fourth-order valence-electron chi connectivity index (χ4n) is 1.64. The Balaban J connectivity index is 2.61. The van der Waals surface area contributed by atoms with E-state index in [1.807, 2.05) is 0 Å². The third-order valence-corrected chi connectivity index (χ3v) is 2.71. The van der Waals surface area contributed by atoms with Crippen LogP contribution in [0.15, 0.2) is 30.3 Å². The van der Waals surface area contributed by atoms with Gasteiger partial charge in [0, 0.05) is 6.04 Å². The summed E-state index contributed by atoms with van der Waals surface area (Å²) in [5.41, 5.74) is 2.67. The molecule has 0 spiro atoms. The maximum Gasteiger partial charge on any atom is 0.0224 e. The highest BCUT2D eigenvalue weighted by atomic mass is 14.9. The lowest BCUT2D eigenvalue weighted by molar-refractivity contribution is 0.663. The highest BCUT2D eigenvalue weighted by Gasteiger charge is 1.97. The van der Waals surface area contributed by atoms with Gasteiger partial charge in [-0.3, -0.25) is 0 Å². The van der Waals surface area contributed by atoms with Crippen LogP contribution in [0.1, 0.15) is 44.7 Å². The molecule has 0 amide bonds. The molecule has 1 aromatic carbocycles. The summed E-state index contributed by atoms with van der Waals surface area (Å²) in [6, 6.07) is 9.23. The number of rotatable bonds is 5. The third-order valence-electron chi connectivity index (χ3n) is 2.71. The van der Waals surface area contributed by atoms with Crippen LogP contribution in [0.5, 0.6) is 0 Å². The van der Waals surface area contributed by atoms with E-state index < -0.39 is 0 Å². The Morgan fingerprint density at radius 3 is 2.25 bits per heavy atom. The smallest absolute Gasteiger partial charge is 0.0224 e. The van der Waals surface area contributed by atoms with Crippen molar-refractivity contribution in [2.45, 2.75) is 39.7 Å². The van der Waals surface area contributed by atoms with Crippen molar-refractivity contribution in [1.82, 2.24) is 5.32 Å². The average molecular weight is 217 g/mol. The van der Waals surface area contributed by atoms with E-state index in [0.29, 0.717) is 12.0 Å². The molecule has 0 aliphatic carbocycles. The molecule has 16 heavy (non-hydrogen) atoms. The lowest BCUT2D eigenvalue weighted by Gasteiger charge is -2.07. The van der Waals surface area contributed by atoms with E-state index in [1.165, 1.54) is 11.1 Å². The number of hydrogen-bond acceptors (Lipinski definition) is 1. The summed E-state index contributed by atoms with van der Waals surface area (Å²) in [4.78, 5) is 0. The average Bonchev–Trinajstić information content (AvgIpc) is 2.27. The zero-order chi connectivity index (χ0) is 12.0. The van der Waals surface area contributed by atoms with Gasteiger partial charge in [-0.25, -0.2) is 0 Å². The van der Waals surface area contributed by atoms with Crippen LogP contribution in [0.3, 0.4) is 0 Å². The topological polar surface area (TPSA) is 12.0 Å². The van der Waals surface area contributed by atoms with Gasteiger partial charge in [0.05, 0.1) is 0 Å². The highest BCUT2D eigenvalue weighted by Crippen LogP contribution is 2.15. The van der Waals surface area contributed by atoms with Crippen LogP contribution >= 0.6 is 0 Å². The summed E-state index contributed by atoms with van der Waals surface area (Å²) >= 11 is 0. The molecule has 0 aliphatic heterocycles. The fraction of sp³-hybridized carbons (Fsp3) is 0.467. The molecule has 1 rings (SSSR count). The number of likely N-dealkylation sites (N-methyl/N-ethyl adjacent to an activating group) is 1. The van der Waals surface area contributed by atoms with Crippen LogP contribution in [-0.2, 0) is 0 Å². The molecule has 1 N–H and O–H groups in total. The van der Waals surface area contributed by atoms with Crippen molar-refractivity contribution in [2.75, 3.05) is 6.54 Å². The molecule has 0 fully saturated rings. The van der Waals surface area contributed by atoms with Gasteiger partial charge in [-0.15, -0.1) is 0 Å². The summed E-state index contributed by atoms with van der Waals surface area (Å²) in [6.07, 6.45) is 4.38. The van der Waals surface area contributed by atoms with Crippen molar-refractivity contribution >= 4 is 6.08 Å². The van der Waals surface area contributed by atoms with E-state index in [2.05, 4.69) is 69.4 Å². The molecule has 1 atom stereocenters. The minimum atomic E-state index is 0.440. The molecule has 1 unspecified atom stereocenters. The quantitative estimate of drug-likeness (QED) is 0.790. The molecule has 0 bridgehead atoms. The summed E-state index contributed by atoms with van der Waals surface area (Å²) < 4.78 is 0. The van der Waals surface area contributed by atoms with Gasteiger partial charge in [0.15, 0.2) is 0 Å². The van der Waals surface area contributed by atoms with Gasteiger partial charge in [-0.05, 0) is 30.5 Å². The Kier molecular flexibility index (Phi) is 5.27. The summed E-state index contributed by atoms with van der Waals surface area (Å²) in [6.45, 7) is 9.75. The van der Waals surface area contributed by atoms with Crippen LogP contribution in [-0.4, -0.2) is 12.6 Å². The summed E-state index contributed by atoms with van der Waals surface area (Å²) in [7, 11) is 0. The first-order valence-corrected chi connectivity index (χ1v) is 6.15. The molecule has 0 saturated heterocycles. The summed E-state index contributed by atoms with van der Waals surface area (Å²) in [5, 5.41) is 3.36. The largest absolute Gasteiger partial charge is 0.311 e. The molecule has 0 saturated carbocycles. The zero-order valence-corrected chi connectivity index (χ0v) is 10.8. The van der Waals surface area contributed by atoms with Gasteiger partial charge in [-0.1, -0.05) is 57.2 Å². The molecule has 0 aromatic heterocycles. The van der Waals surface area contributed by atoms with Crippen molar-refractivity contribution in [3.8, 4) is 0 Å². The molecule has 1 heteroatoms. The van der Waals surface area contributed by atoms with E-state index in [-0.39, 0.29) is 0 Å². The third kappa shape index (κ3) is 4.19. The minimum Gasteiger partial charge on any atom is -0.311 e. The molecule has 0 radical (unpaired) electrons. The lowest BCUT2D eigenvalue weighted by atomic mass is 10.0. The molecule has 88 valence electrons. The molecule has 1 aromatic rings. The van der Waals surface area contributed by atoms with E-state index >= 15 is 0 Å². The second-order valence-corrected chi connectivity index (χ2v) is 4.53. The van der Waals surface area contributed by atoms with E-state index in [0.717, 1.165) is 6.54 Å². The van der Waals surface area contributed by atoms with Crippen molar-refractivity contribution in [3.05, 3.63) is 41.5 Å². The first kappa shape index (κ1) is 13.0. The van der Waals surface area contributed by atoms with Gasteiger partial charge < -0.3 is 5.32 Å². The van der Waals surface area contributed by atoms with Gasteiger partial charge in [0.25, 0.3) is 0 Å². The first-order chi connectivity index (χ1) is 7.63. The van der Waals surface area contributed by atoms with E-state index in [1.54, 1.807) is 0 Å². The van der Waals surface area contributed by atoms with Crippen LogP contribution in [0.2, 0.25) is 0 Å². The van der Waals surface area contributed by atoms with Crippen LogP contribution < -0.4 is 5.32 Å². The predicted octanol–water partition coefficient (Wildman–Crippen LogP) is 3.82. The van der Waals surface area contributed by atoms with Crippen molar-refractivity contribution in [3.63, 3.8) is 0 Å². The van der Waals surface area contributed by atoms with Crippen LogP contribution in [0.25, 0.3) is 6.08 Å². The van der Waals surface area contributed by atoms with E-state index in [9.17, 15) is 0 Å². The Labute approximate surface area is 99.6 Å². The molecule has 1 nitrogen and oxygen atoms in total.